The van der Waals surface area contributed by atoms with Crippen LogP contribution in [0.5, 0.6) is 0 Å². The van der Waals surface area contributed by atoms with Gasteiger partial charge in [0, 0.05) is 12.1 Å². The number of aromatic nitrogens is 2. The van der Waals surface area contributed by atoms with Gasteiger partial charge in [-0.15, -0.1) is 11.3 Å². The molecule has 2 N–H and O–H groups in total. The molecule has 1 saturated heterocycles. The molecule has 1 amide bonds. The fraction of sp³-hybridized carbons (Fsp3) is 0.182. The summed E-state index contributed by atoms with van der Waals surface area (Å²) >= 11 is 1.16. The van der Waals surface area contributed by atoms with Crippen molar-refractivity contribution in [1.29, 1.82) is 0 Å². The van der Waals surface area contributed by atoms with Crippen LogP contribution in [0.2, 0.25) is 0 Å². The summed E-state index contributed by atoms with van der Waals surface area (Å²) in [5.41, 5.74) is 3.08. The highest BCUT2D eigenvalue weighted by Gasteiger charge is 2.40. The maximum Gasteiger partial charge on any atom is 0.253 e. The van der Waals surface area contributed by atoms with Gasteiger partial charge in [-0.3, -0.25) is 4.79 Å². The number of rotatable bonds is 5. The third-order valence-electron chi connectivity index (χ3n) is 5.39. The number of H-pyrrole nitrogens is 1. The lowest BCUT2D eigenvalue weighted by Crippen LogP contribution is -2.42. The lowest BCUT2D eigenvalue weighted by atomic mass is 10.1. The van der Waals surface area contributed by atoms with Gasteiger partial charge in [-0.25, -0.2) is 13.4 Å². The van der Waals surface area contributed by atoms with Crippen LogP contribution in [0.15, 0.2) is 70.3 Å². The molecule has 1 aliphatic heterocycles. The Morgan fingerprint density at radius 3 is 2.71 bits per heavy atom. The van der Waals surface area contributed by atoms with Crippen molar-refractivity contribution in [1.82, 2.24) is 14.3 Å². The zero-order valence-corrected chi connectivity index (χ0v) is 18.1. The fourth-order valence-corrected chi connectivity index (χ4v) is 6.69. The quantitative estimate of drug-likeness (QED) is 0.477. The van der Waals surface area contributed by atoms with E-state index in [1.807, 2.05) is 42.5 Å². The molecule has 158 valence electrons. The van der Waals surface area contributed by atoms with Crippen molar-refractivity contribution in [2.24, 2.45) is 0 Å². The largest absolute Gasteiger partial charge is 0.338 e. The van der Waals surface area contributed by atoms with Crippen LogP contribution in [-0.4, -0.2) is 41.2 Å². The maximum absolute atomic E-state index is 13.2. The summed E-state index contributed by atoms with van der Waals surface area (Å²) in [6.45, 7) is 0.337. The first-order valence-corrected chi connectivity index (χ1v) is 12.3. The molecule has 31 heavy (non-hydrogen) atoms. The smallest absolute Gasteiger partial charge is 0.253 e. The number of nitrogens with zero attached hydrogens (tertiary/aromatic N) is 2. The van der Waals surface area contributed by atoms with E-state index in [1.165, 1.54) is 4.31 Å². The first kappa shape index (κ1) is 19.9. The number of carbonyl (C=O) groups excluding carboxylic acids is 1. The van der Waals surface area contributed by atoms with E-state index in [-0.39, 0.29) is 10.1 Å². The molecule has 9 heteroatoms. The number of para-hydroxylation sites is 3. The zero-order valence-electron chi connectivity index (χ0n) is 16.5. The Hall–Kier alpha value is -3.01. The highest BCUT2D eigenvalue weighted by atomic mass is 32.2. The number of fused-ring (bicyclic) bond motifs is 1. The van der Waals surface area contributed by atoms with Crippen LogP contribution in [0, 0.1) is 0 Å². The number of nitrogens with one attached hydrogen (secondary N) is 2. The second-order valence-electron chi connectivity index (χ2n) is 7.34. The number of thiophene rings is 1. The van der Waals surface area contributed by atoms with Gasteiger partial charge in [-0.2, -0.15) is 4.31 Å². The average Bonchev–Trinajstić information content (AvgIpc) is 3.54. The normalized spacial score (nSPS) is 17.2. The van der Waals surface area contributed by atoms with Crippen molar-refractivity contribution >= 4 is 44.0 Å². The van der Waals surface area contributed by atoms with Crippen molar-refractivity contribution in [2.45, 2.75) is 23.1 Å². The minimum Gasteiger partial charge on any atom is -0.338 e. The summed E-state index contributed by atoms with van der Waals surface area (Å²) in [6, 6.07) is 17.6. The van der Waals surface area contributed by atoms with Gasteiger partial charge in [-0.1, -0.05) is 30.3 Å². The molecule has 0 aliphatic carbocycles. The molecule has 7 nitrogen and oxygen atoms in total. The van der Waals surface area contributed by atoms with E-state index >= 15 is 0 Å². The van der Waals surface area contributed by atoms with Crippen LogP contribution in [-0.2, 0) is 14.8 Å². The Morgan fingerprint density at radius 2 is 1.90 bits per heavy atom. The number of amides is 1. The van der Waals surface area contributed by atoms with E-state index < -0.39 is 16.1 Å². The van der Waals surface area contributed by atoms with Gasteiger partial charge in [-0.05, 0) is 48.6 Å². The van der Waals surface area contributed by atoms with Crippen LogP contribution in [0.4, 0.5) is 5.69 Å². The minimum absolute atomic E-state index is 0.259. The third kappa shape index (κ3) is 3.65. The first-order valence-electron chi connectivity index (χ1n) is 9.94. The van der Waals surface area contributed by atoms with Crippen LogP contribution >= 0.6 is 11.3 Å². The summed E-state index contributed by atoms with van der Waals surface area (Å²) in [5, 5.41) is 4.66. The predicted octanol–water partition coefficient (Wildman–Crippen LogP) is 4.08. The highest BCUT2D eigenvalue weighted by Crippen LogP contribution is 2.31. The van der Waals surface area contributed by atoms with Crippen molar-refractivity contribution in [3.63, 3.8) is 0 Å². The summed E-state index contributed by atoms with van der Waals surface area (Å²) < 4.78 is 27.6. The lowest BCUT2D eigenvalue weighted by Gasteiger charge is -2.23. The summed E-state index contributed by atoms with van der Waals surface area (Å²) in [5.74, 6) is 0.313. The first-order chi connectivity index (χ1) is 15.0. The van der Waals surface area contributed by atoms with Crippen LogP contribution in [0.1, 0.15) is 12.8 Å². The fourth-order valence-electron chi connectivity index (χ4n) is 3.91. The molecule has 2 aromatic carbocycles. The van der Waals surface area contributed by atoms with Crippen molar-refractivity contribution in [3.8, 4) is 11.4 Å². The van der Waals surface area contributed by atoms with Crippen molar-refractivity contribution in [2.75, 3.05) is 11.9 Å². The number of benzene rings is 2. The van der Waals surface area contributed by atoms with Crippen molar-refractivity contribution < 1.29 is 13.2 Å². The van der Waals surface area contributed by atoms with Gasteiger partial charge in [0.25, 0.3) is 10.0 Å². The highest BCUT2D eigenvalue weighted by molar-refractivity contribution is 7.91. The lowest BCUT2D eigenvalue weighted by molar-refractivity contribution is -0.119. The maximum atomic E-state index is 13.2. The van der Waals surface area contributed by atoms with E-state index in [2.05, 4.69) is 15.3 Å². The van der Waals surface area contributed by atoms with E-state index in [0.717, 1.165) is 27.9 Å². The Labute approximate surface area is 183 Å². The third-order valence-corrected chi connectivity index (χ3v) is 8.68. The molecule has 0 spiro atoms. The topological polar surface area (TPSA) is 95.2 Å². The van der Waals surface area contributed by atoms with Gasteiger partial charge in [0.15, 0.2) is 0 Å². The van der Waals surface area contributed by atoms with E-state index in [9.17, 15) is 13.2 Å². The van der Waals surface area contributed by atoms with Crippen LogP contribution < -0.4 is 5.32 Å². The predicted molar refractivity (Wildman–Crippen MR) is 121 cm³/mol. The standard InChI is InChI=1S/C22H20N4O3S2/c27-22(19-11-5-13-26(19)31(28,29)20-12-6-14-30-20)25-16-8-2-1-7-15(16)21-23-17-9-3-4-10-18(17)24-21/h1-4,6-10,12,14,19H,5,11,13H2,(H,23,24)(H,25,27). The molecule has 0 saturated carbocycles. The molecule has 0 bridgehead atoms. The van der Waals surface area contributed by atoms with Gasteiger partial charge in [0.05, 0.1) is 16.7 Å². The molecule has 3 heterocycles. The van der Waals surface area contributed by atoms with E-state index in [1.54, 1.807) is 23.6 Å². The molecule has 1 fully saturated rings. The molecule has 1 atom stereocenters. The minimum atomic E-state index is -3.69. The number of imidazole rings is 1. The monoisotopic (exact) mass is 452 g/mol. The van der Waals surface area contributed by atoms with Gasteiger partial charge >= 0.3 is 0 Å². The van der Waals surface area contributed by atoms with Gasteiger partial charge < -0.3 is 10.3 Å². The Balaban J connectivity index is 1.43. The van der Waals surface area contributed by atoms with E-state index in [0.29, 0.717) is 30.9 Å². The molecular weight excluding hydrogens is 432 g/mol. The number of sulfonamides is 1. The molecule has 5 rings (SSSR count). The Morgan fingerprint density at radius 1 is 1.10 bits per heavy atom. The average molecular weight is 453 g/mol. The Bertz CT molecular complexity index is 1310. The molecular formula is C22H20N4O3S2. The molecule has 2 aromatic heterocycles. The second kappa shape index (κ2) is 7.92. The van der Waals surface area contributed by atoms with Gasteiger partial charge in [0.1, 0.15) is 16.1 Å². The molecule has 4 aromatic rings. The Kier molecular flexibility index (Phi) is 5.09. The SMILES string of the molecule is O=C(Nc1ccccc1-c1nc2ccccc2[nH]1)C1CCCN1S(=O)(=O)c1cccs1. The molecule has 1 unspecified atom stereocenters. The van der Waals surface area contributed by atoms with Crippen LogP contribution in [0.3, 0.4) is 0 Å². The number of aromatic amines is 1. The van der Waals surface area contributed by atoms with E-state index in [4.69, 9.17) is 0 Å². The van der Waals surface area contributed by atoms with Crippen LogP contribution in [0.25, 0.3) is 22.4 Å². The number of anilines is 1. The number of hydrogen-bond donors (Lipinski definition) is 2. The van der Waals surface area contributed by atoms with Crippen molar-refractivity contribution in [3.05, 3.63) is 66.0 Å². The summed E-state index contributed by atoms with van der Waals surface area (Å²) in [4.78, 5) is 21.1. The molecule has 0 radical (unpaired) electrons. The summed E-state index contributed by atoms with van der Waals surface area (Å²) in [6.07, 6.45) is 1.14. The van der Waals surface area contributed by atoms with Gasteiger partial charge in [0.2, 0.25) is 5.91 Å². The molecule has 1 aliphatic rings. The zero-order chi connectivity index (χ0) is 21.4. The summed E-state index contributed by atoms with van der Waals surface area (Å²) in [7, 11) is -3.69. The second-order valence-corrected chi connectivity index (χ2v) is 10.4. The number of hydrogen-bond acceptors (Lipinski definition) is 5. The number of carbonyl (C=O) groups is 1.